The fraction of sp³-hybridized carbons (Fsp3) is 0.353. The van der Waals surface area contributed by atoms with E-state index >= 15 is 0 Å². The van der Waals surface area contributed by atoms with Gasteiger partial charge in [-0.05, 0) is 11.5 Å². The molecule has 0 spiro atoms. The molecule has 0 radical (unpaired) electrons. The Bertz CT molecular complexity index is 784. The van der Waals surface area contributed by atoms with Crippen LogP contribution in [0, 0.1) is 5.92 Å². The van der Waals surface area contributed by atoms with Crippen LogP contribution in [0.1, 0.15) is 25.8 Å². The summed E-state index contributed by atoms with van der Waals surface area (Å²) in [5, 5.41) is 0.847. The second-order valence-corrected chi connectivity index (χ2v) is 6.71. The maximum Gasteiger partial charge on any atom is 0.223 e. The van der Waals surface area contributed by atoms with Crippen molar-refractivity contribution in [1.29, 1.82) is 0 Å². The van der Waals surface area contributed by atoms with Gasteiger partial charge in [-0.15, -0.1) is 0 Å². The normalized spacial score (nSPS) is 12.6. The molecule has 3 aromatic rings. The molecule has 0 saturated carbocycles. The Morgan fingerprint density at radius 1 is 1.22 bits per heavy atom. The topological polar surface area (TPSA) is 69.6 Å². The van der Waals surface area contributed by atoms with Crippen LogP contribution in [0.5, 0.6) is 0 Å². The third-order valence-electron chi connectivity index (χ3n) is 3.87. The molecule has 3 rings (SSSR count). The van der Waals surface area contributed by atoms with Gasteiger partial charge in [0.05, 0.1) is 6.33 Å². The van der Waals surface area contributed by atoms with E-state index in [0.717, 1.165) is 34.9 Å². The Morgan fingerprint density at radius 2 is 2.00 bits per heavy atom. The fourth-order valence-electron chi connectivity index (χ4n) is 2.36. The van der Waals surface area contributed by atoms with Crippen molar-refractivity contribution in [3.05, 3.63) is 42.2 Å². The van der Waals surface area contributed by atoms with Crippen LogP contribution in [0.2, 0.25) is 0 Å². The van der Waals surface area contributed by atoms with Gasteiger partial charge >= 0.3 is 0 Å². The highest BCUT2D eigenvalue weighted by atomic mass is 32.2. The van der Waals surface area contributed by atoms with Crippen LogP contribution in [0.15, 0.2) is 41.7 Å². The summed E-state index contributed by atoms with van der Waals surface area (Å²) in [7, 11) is 0. The summed E-state index contributed by atoms with van der Waals surface area (Å²) < 4.78 is 2.08. The average Bonchev–Trinajstić information content (AvgIpc) is 2.96. The van der Waals surface area contributed by atoms with Crippen molar-refractivity contribution in [3.8, 4) is 0 Å². The molecule has 0 aliphatic heterocycles. The quantitative estimate of drug-likeness (QED) is 0.551. The van der Waals surface area contributed by atoms with Gasteiger partial charge in [-0.1, -0.05) is 62.4 Å². The lowest BCUT2D eigenvalue weighted by molar-refractivity contribution is 0.474. The van der Waals surface area contributed by atoms with Crippen LogP contribution in [0.4, 0.5) is 5.95 Å². The van der Waals surface area contributed by atoms with E-state index in [-0.39, 0.29) is 0 Å². The molecule has 23 heavy (non-hydrogen) atoms. The van der Waals surface area contributed by atoms with Crippen LogP contribution in [0.3, 0.4) is 0 Å². The lowest BCUT2D eigenvalue weighted by atomic mass is 10.1. The zero-order valence-electron chi connectivity index (χ0n) is 13.4. The minimum Gasteiger partial charge on any atom is -0.368 e. The van der Waals surface area contributed by atoms with E-state index in [0.29, 0.717) is 11.9 Å². The van der Waals surface area contributed by atoms with Crippen molar-refractivity contribution in [2.75, 3.05) is 5.73 Å². The first-order chi connectivity index (χ1) is 11.2. The minimum atomic E-state index is 0.305. The van der Waals surface area contributed by atoms with Gasteiger partial charge in [-0.2, -0.15) is 4.98 Å². The largest absolute Gasteiger partial charge is 0.368 e. The van der Waals surface area contributed by atoms with E-state index < -0.39 is 0 Å². The zero-order valence-corrected chi connectivity index (χ0v) is 14.3. The number of fused-ring (bicyclic) bond motifs is 1. The van der Waals surface area contributed by atoms with Crippen molar-refractivity contribution in [3.63, 3.8) is 0 Å². The van der Waals surface area contributed by atoms with Gasteiger partial charge in [0.25, 0.3) is 0 Å². The highest BCUT2D eigenvalue weighted by Gasteiger charge is 2.14. The summed E-state index contributed by atoms with van der Waals surface area (Å²) in [6.07, 6.45) is 2.97. The molecule has 5 nitrogen and oxygen atoms in total. The zero-order chi connectivity index (χ0) is 16.2. The highest BCUT2D eigenvalue weighted by molar-refractivity contribution is 7.98. The van der Waals surface area contributed by atoms with E-state index in [2.05, 4.69) is 45.5 Å². The number of thioether (sulfide) groups is 1. The first kappa shape index (κ1) is 15.8. The predicted octanol–water partition coefficient (Wildman–Crippen LogP) is 3.75. The molecule has 2 heterocycles. The molecule has 0 fully saturated rings. The minimum absolute atomic E-state index is 0.305. The van der Waals surface area contributed by atoms with Gasteiger partial charge in [-0.3, -0.25) is 0 Å². The van der Waals surface area contributed by atoms with E-state index in [1.807, 2.05) is 24.5 Å². The van der Waals surface area contributed by atoms with E-state index in [9.17, 15) is 0 Å². The number of rotatable bonds is 6. The maximum absolute atomic E-state index is 5.91. The highest BCUT2D eigenvalue weighted by Crippen LogP contribution is 2.28. The Labute approximate surface area is 140 Å². The monoisotopic (exact) mass is 327 g/mol. The first-order valence-electron chi connectivity index (χ1n) is 7.82. The fourth-order valence-corrected chi connectivity index (χ4v) is 3.29. The molecular formula is C17H21N5S. The molecule has 0 amide bonds. The van der Waals surface area contributed by atoms with Crippen LogP contribution < -0.4 is 5.73 Å². The SMILES string of the molecule is CC[C@@H](C)Cn1cnc2c(SCc3ccccc3)nc(N)nc21. The standard InChI is InChI=1S/C17H21N5S/c1-3-12(2)9-22-11-19-14-15(22)20-17(18)21-16(14)23-10-13-7-5-4-6-8-13/h4-8,11-12H,3,9-10H2,1-2H3,(H2,18,20,21)/t12-/m1/s1. The van der Waals surface area contributed by atoms with E-state index in [1.165, 1.54) is 5.56 Å². The summed E-state index contributed by atoms with van der Waals surface area (Å²) in [5.74, 6) is 1.72. The molecule has 0 saturated heterocycles. The van der Waals surface area contributed by atoms with Gasteiger partial charge in [0.1, 0.15) is 10.5 Å². The predicted molar refractivity (Wildman–Crippen MR) is 95.2 cm³/mol. The van der Waals surface area contributed by atoms with Gasteiger partial charge < -0.3 is 10.3 Å². The number of nitrogen functional groups attached to an aromatic ring is 1. The van der Waals surface area contributed by atoms with Crippen molar-refractivity contribution in [1.82, 2.24) is 19.5 Å². The smallest absolute Gasteiger partial charge is 0.223 e. The number of hydrogen-bond acceptors (Lipinski definition) is 5. The number of aromatic nitrogens is 4. The third-order valence-corrected chi connectivity index (χ3v) is 4.91. The molecule has 2 aromatic heterocycles. The van der Waals surface area contributed by atoms with Crippen molar-refractivity contribution >= 4 is 28.9 Å². The summed E-state index contributed by atoms with van der Waals surface area (Å²) in [6, 6.07) is 10.3. The Balaban J connectivity index is 1.88. The number of nitrogens with two attached hydrogens (primary N) is 1. The number of nitrogens with zero attached hydrogens (tertiary/aromatic N) is 4. The van der Waals surface area contributed by atoms with Crippen LogP contribution in [-0.4, -0.2) is 19.5 Å². The second-order valence-electron chi connectivity index (χ2n) is 5.74. The van der Waals surface area contributed by atoms with Crippen molar-refractivity contribution in [2.24, 2.45) is 5.92 Å². The lowest BCUT2D eigenvalue weighted by Gasteiger charge is -2.10. The van der Waals surface area contributed by atoms with Crippen LogP contribution in [0.25, 0.3) is 11.2 Å². The Morgan fingerprint density at radius 3 is 2.74 bits per heavy atom. The van der Waals surface area contributed by atoms with Crippen LogP contribution >= 0.6 is 11.8 Å². The Kier molecular flexibility index (Phi) is 4.81. The van der Waals surface area contributed by atoms with Gasteiger partial charge in [-0.25, -0.2) is 9.97 Å². The van der Waals surface area contributed by atoms with Gasteiger partial charge in [0, 0.05) is 12.3 Å². The molecule has 0 unspecified atom stereocenters. The van der Waals surface area contributed by atoms with Gasteiger partial charge in [0.2, 0.25) is 5.95 Å². The van der Waals surface area contributed by atoms with Crippen molar-refractivity contribution < 1.29 is 0 Å². The van der Waals surface area contributed by atoms with Gasteiger partial charge in [0.15, 0.2) is 5.65 Å². The number of anilines is 1. The molecule has 1 aromatic carbocycles. The molecule has 0 aliphatic carbocycles. The molecule has 120 valence electrons. The molecular weight excluding hydrogens is 306 g/mol. The molecule has 0 aliphatic rings. The average molecular weight is 327 g/mol. The van der Waals surface area contributed by atoms with Crippen LogP contribution in [-0.2, 0) is 12.3 Å². The molecule has 1 atom stereocenters. The third kappa shape index (κ3) is 3.64. The second kappa shape index (κ2) is 7.00. The molecule has 2 N–H and O–H groups in total. The molecule has 6 heteroatoms. The summed E-state index contributed by atoms with van der Waals surface area (Å²) in [4.78, 5) is 13.3. The Hall–Kier alpha value is -2.08. The van der Waals surface area contributed by atoms with E-state index in [4.69, 9.17) is 5.73 Å². The summed E-state index contributed by atoms with van der Waals surface area (Å²) in [5.41, 5.74) is 8.82. The van der Waals surface area contributed by atoms with Crippen molar-refractivity contribution in [2.45, 2.75) is 37.6 Å². The number of hydrogen-bond donors (Lipinski definition) is 1. The lowest BCUT2D eigenvalue weighted by Crippen LogP contribution is -2.07. The first-order valence-corrected chi connectivity index (χ1v) is 8.81. The summed E-state index contributed by atoms with van der Waals surface area (Å²) >= 11 is 1.65. The summed E-state index contributed by atoms with van der Waals surface area (Å²) in [6.45, 7) is 5.31. The number of imidazole rings is 1. The number of benzene rings is 1. The molecule has 0 bridgehead atoms. The van der Waals surface area contributed by atoms with E-state index in [1.54, 1.807) is 11.8 Å². The maximum atomic E-state index is 5.91.